The summed E-state index contributed by atoms with van der Waals surface area (Å²) in [7, 11) is 0. The van der Waals surface area contributed by atoms with Crippen molar-refractivity contribution < 1.29 is 4.79 Å². The second kappa shape index (κ2) is 3.51. The average molecular weight is 231 g/mol. The van der Waals surface area contributed by atoms with Gasteiger partial charge in [0.25, 0.3) is 5.91 Å². The number of amides is 1. The highest BCUT2D eigenvalue weighted by Gasteiger charge is 2.08. The minimum Gasteiger partial charge on any atom is -0.383 e. The number of anilines is 1. The van der Waals surface area contributed by atoms with Crippen LogP contribution in [-0.2, 0) is 0 Å². The van der Waals surface area contributed by atoms with Crippen molar-refractivity contribution in [3.63, 3.8) is 0 Å². The maximum absolute atomic E-state index is 11.0. The van der Waals surface area contributed by atoms with Gasteiger partial charge in [-0.2, -0.15) is 0 Å². The number of rotatable bonds is 1. The maximum atomic E-state index is 11.0. The monoisotopic (exact) mass is 230 g/mol. The number of carbonyl (C=O) groups is 1. The first-order valence-corrected chi connectivity index (χ1v) is 3.86. The van der Waals surface area contributed by atoms with Crippen LogP contribution in [0.4, 0.5) is 5.82 Å². The fourth-order valence-electron chi connectivity index (χ4n) is 0.709. The van der Waals surface area contributed by atoms with Crippen molar-refractivity contribution in [3.8, 4) is 0 Å². The molecule has 0 unspecified atom stereocenters. The van der Waals surface area contributed by atoms with Crippen molar-refractivity contribution in [1.29, 1.82) is 0 Å². The van der Waals surface area contributed by atoms with E-state index >= 15 is 0 Å². The molecular formula is C6H7BrN4O. The number of nitrogens with zero attached hydrogens (tertiary/aromatic N) is 1. The molecule has 0 aliphatic heterocycles. The van der Waals surface area contributed by atoms with Gasteiger partial charge in [-0.15, -0.1) is 0 Å². The topological polar surface area (TPSA) is 94.0 Å². The zero-order valence-electron chi connectivity index (χ0n) is 6.04. The normalized spacial score (nSPS) is 9.50. The molecule has 1 amide bonds. The number of pyridine rings is 1. The molecule has 64 valence electrons. The molecule has 0 aliphatic rings. The maximum Gasteiger partial charge on any atom is 0.268 e. The molecule has 12 heavy (non-hydrogen) atoms. The molecule has 6 heteroatoms. The van der Waals surface area contributed by atoms with Crippen LogP contribution in [0.5, 0.6) is 0 Å². The van der Waals surface area contributed by atoms with Crippen LogP contribution in [0, 0.1) is 0 Å². The summed E-state index contributed by atoms with van der Waals surface area (Å²) < 4.78 is 0.676. The highest BCUT2D eigenvalue weighted by Crippen LogP contribution is 2.14. The van der Waals surface area contributed by atoms with Crippen LogP contribution in [0.25, 0.3) is 0 Å². The van der Waals surface area contributed by atoms with E-state index in [0.29, 0.717) is 4.47 Å². The highest BCUT2D eigenvalue weighted by molar-refractivity contribution is 9.10. The molecule has 0 bridgehead atoms. The Morgan fingerprint density at radius 3 is 2.92 bits per heavy atom. The number of nitrogens with two attached hydrogens (primary N) is 2. The Balaban J connectivity index is 3.13. The van der Waals surface area contributed by atoms with Crippen LogP contribution in [0.3, 0.4) is 0 Å². The van der Waals surface area contributed by atoms with Crippen molar-refractivity contribution in [2.75, 3.05) is 5.73 Å². The Kier molecular flexibility index (Phi) is 2.61. The standard InChI is InChI=1S/C6H7BrN4O/c7-3-1-4(6(12)11-9)5(8)10-2-3/h1-2H,9H2,(H2,8,10)(H,11,12). The lowest BCUT2D eigenvalue weighted by Gasteiger charge is -2.02. The Morgan fingerprint density at radius 1 is 1.67 bits per heavy atom. The lowest BCUT2D eigenvalue weighted by atomic mass is 10.2. The molecule has 0 fully saturated rings. The summed E-state index contributed by atoms with van der Waals surface area (Å²) in [5, 5.41) is 0. The Bertz CT molecular complexity index is 314. The second-order valence-corrected chi connectivity index (χ2v) is 2.98. The molecule has 0 saturated carbocycles. The molecule has 0 saturated heterocycles. The molecule has 0 atom stereocenters. The molecule has 1 aromatic rings. The average Bonchev–Trinajstić information content (AvgIpc) is 2.08. The molecule has 0 aliphatic carbocycles. The molecule has 1 aromatic heterocycles. The van der Waals surface area contributed by atoms with E-state index in [-0.39, 0.29) is 11.4 Å². The van der Waals surface area contributed by atoms with Gasteiger partial charge in [-0.1, -0.05) is 0 Å². The van der Waals surface area contributed by atoms with E-state index < -0.39 is 5.91 Å². The van der Waals surface area contributed by atoms with Gasteiger partial charge >= 0.3 is 0 Å². The van der Waals surface area contributed by atoms with Gasteiger partial charge in [-0.3, -0.25) is 10.2 Å². The minimum absolute atomic E-state index is 0.154. The van der Waals surface area contributed by atoms with Crippen LogP contribution in [0.15, 0.2) is 16.7 Å². The van der Waals surface area contributed by atoms with Crippen molar-refractivity contribution >= 4 is 27.7 Å². The highest BCUT2D eigenvalue weighted by atomic mass is 79.9. The van der Waals surface area contributed by atoms with Gasteiger partial charge in [0.05, 0.1) is 5.56 Å². The Labute approximate surface area is 77.2 Å². The van der Waals surface area contributed by atoms with E-state index in [0.717, 1.165) is 0 Å². The van der Waals surface area contributed by atoms with Crippen molar-refractivity contribution in [1.82, 2.24) is 10.4 Å². The summed E-state index contributed by atoms with van der Waals surface area (Å²) in [6, 6.07) is 1.55. The quantitative estimate of drug-likeness (QED) is 0.361. The molecule has 5 nitrogen and oxygen atoms in total. The first-order chi connectivity index (χ1) is 5.65. The largest absolute Gasteiger partial charge is 0.383 e. The summed E-state index contributed by atoms with van der Waals surface area (Å²) >= 11 is 3.15. The van der Waals surface area contributed by atoms with Gasteiger partial charge in [0.1, 0.15) is 5.82 Å². The lowest BCUT2D eigenvalue weighted by molar-refractivity contribution is 0.0954. The SMILES string of the molecule is NNC(=O)c1cc(Br)cnc1N. The zero-order valence-corrected chi connectivity index (χ0v) is 7.63. The third kappa shape index (κ3) is 1.72. The fraction of sp³-hybridized carbons (Fsp3) is 0. The number of aromatic nitrogens is 1. The summed E-state index contributed by atoms with van der Waals surface area (Å²) in [5.74, 6) is 4.62. The third-order valence-electron chi connectivity index (χ3n) is 1.26. The zero-order chi connectivity index (χ0) is 9.14. The van der Waals surface area contributed by atoms with Gasteiger partial charge in [-0.05, 0) is 22.0 Å². The van der Waals surface area contributed by atoms with Gasteiger partial charge < -0.3 is 5.73 Å². The number of nitrogen functional groups attached to an aromatic ring is 2. The van der Waals surface area contributed by atoms with Crippen LogP contribution < -0.4 is 17.0 Å². The van der Waals surface area contributed by atoms with Crippen LogP contribution in [-0.4, -0.2) is 10.9 Å². The minimum atomic E-state index is -0.457. The number of hydrogen-bond acceptors (Lipinski definition) is 4. The number of nitrogens with one attached hydrogen (secondary N) is 1. The molecular weight excluding hydrogens is 224 g/mol. The Hall–Kier alpha value is -1.14. The van der Waals surface area contributed by atoms with Crippen LogP contribution in [0.2, 0.25) is 0 Å². The summed E-state index contributed by atoms with van der Waals surface area (Å²) in [6.45, 7) is 0. The lowest BCUT2D eigenvalue weighted by Crippen LogP contribution is -2.30. The molecule has 0 spiro atoms. The predicted octanol–water partition coefficient (Wildman–Crippen LogP) is 0.0298. The molecule has 5 N–H and O–H groups in total. The first kappa shape index (κ1) is 8.95. The van der Waals surface area contributed by atoms with Crippen LogP contribution in [0.1, 0.15) is 10.4 Å². The van der Waals surface area contributed by atoms with Crippen LogP contribution >= 0.6 is 15.9 Å². The first-order valence-electron chi connectivity index (χ1n) is 3.07. The molecule has 0 radical (unpaired) electrons. The summed E-state index contributed by atoms with van der Waals surface area (Å²) in [5.41, 5.74) is 7.64. The van der Waals surface area contributed by atoms with E-state index in [9.17, 15) is 4.79 Å². The second-order valence-electron chi connectivity index (χ2n) is 2.06. The predicted molar refractivity (Wildman–Crippen MR) is 48.0 cm³/mol. The van der Waals surface area contributed by atoms with Gasteiger partial charge in [0, 0.05) is 10.7 Å². The van der Waals surface area contributed by atoms with Gasteiger partial charge in [-0.25, -0.2) is 10.8 Å². The van der Waals surface area contributed by atoms with Crippen molar-refractivity contribution in [2.24, 2.45) is 5.84 Å². The summed E-state index contributed by atoms with van der Waals surface area (Å²) in [6.07, 6.45) is 1.50. The molecule has 1 rings (SSSR count). The number of halogens is 1. The van der Waals surface area contributed by atoms with E-state index in [2.05, 4.69) is 20.9 Å². The van der Waals surface area contributed by atoms with E-state index in [1.54, 1.807) is 6.07 Å². The Morgan fingerprint density at radius 2 is 2.33 bits per heavy atom. The number of hydrazine groups is 1. The van der Waals surface area contributed by atoms with E-state index in [4.69, 9.17) is 11.6 Å². The number of carbonyl (C=O) groups excluding carboxylic acids is 1. The third-order valence-corrected chi connectivity index (χ3v) is 1.69. The smallest absolute Gasteiger partial charge is 0.268 e. The number of hydrogen-bond donors (Lipinski definition) is 3. The van der Waals surface area contributed by atoms with Crippen molar-refractivity contribution in [2.45, 2.75) is 0 Å². The van der Waals surface area contributed by atoms with Gasteiger partial charge in [0.15, 0.2) is 0 Å². The molecule has 1 heterocycles. The van der Waals surface area contributed by atoms with E-state index in [1.807, 2.05) is 5.43 Å². The summed E-state index contributed by atoms with van der Waals surface area (Å²) in [4.78, 5) is 14.8. The fourth-order valence-corrected chi connectivity index (χ4v) is 1.04. The molecule has 0 aromatic carbocycles. The van der Waals surface area contributed by atoms with Crippen molar-refractivity contribution in [3.05, 3.63) is 22.3 Å². The van der Waals surface area contributed by atoms with Gasteiger partial charge in [0.2, 0.25) is 0 Å². The van der Waals surface area contributed by atoms with E-state index in [1.165, 1.54) is 6.20 Å².